The summed E-state index contributed by atoms with van der Waals surface area (Å²) in [5.74, 6) is 0. The molecular formula is C18H27N3O. The monoisotopic (exact) mass is 301 g/mol. The maximum Gasteiger partial charge on any atom is 0.107 e. The minimum absolute atomic E-state index is 0.652. The Kier molecular flexibility index (Phi) is 3.93. The molecule has 0 aromatic carbocycles. The van der Waals surface area contributed by atoms with Gasteiger partial charge in [-0.3, -0.25) is 9.88 Å². The van der Waals surface area contributed by atoms with Crippen LogP contribution in [0.4, 0.5) is 0 Å². The Morgan fingerprint density at radius 3 is 2.82 bits per heavy atom. The number of hydrogen-bond donors (Lipinski definition) is 2. The summed E-state index contributed by atoms with van der Waals surface area (Å²) in [6, 6.07) is 7.96. The predicted molar refractivity (Wildman–Crippen MR) is 86.5 cm³/mol. The molecule has 1 aliphatic carbocycles. The van der Waals surface area contributed by atoms with E-state index < -0.39 is 5.60 Å². The molecule has 1 aromatic rings. The lowest BCUT2D eigenvalue weighted by Gasteiger charge is -2.43. The number of rotatable bonds is 2. The van der Waals surface area contributed by atoms with Crippen LogP contribution in [0.3, 0.4) is 0 Å². The van der Waals surface area contributed by atoms with Gasteiger partial charge in [-0.25, -0.2) is 0 Å². The standard InChI is InChI=1S/C18H27N3O/c22-18(17-5-1-2-11-20-17)9-6-14(7-10-18)21-13-8-15-16(21)4-3-12-19-15/h1-2,5,11,14-16,19,22H,3-4,6-10,12-13H2. The lowest BCUT2D eigenvalue weighted by Crippen LogP contribution is -2.51. The molecule has 4 rings (SSSR count). The van der Waals surface area contributed by atoms with E-state index in [1.54, 1.807) is 6.20 Å². The highest BCUT2D eigenvalue weighted by atomic mass is 16.3. The lowest BCUT2D eigenvalue weighted by molar-refractivity contribution is -0.0319. The van der Waals surface area contributed by atoms with Gasteiger partial charge in [0.1, 0.15) is 5.60 Å². The van der Waals surface area contributed by atoms with Gasteiger partial charge in [-0.05, 0) is 63.6 Å². The maximum atomic E-state index is 10.9. The first kappa shape index (κ1) is 14.6. The molecule has 3 heterocycles. The van der Waals surface area contributed by atoms with Gasteiger partial charge in [0, 0.05) is 30.9 Å². The fourth-order valence-electron chi connectivity index (χ4n) is 4.84. The first-order valence-electron chi connectivity index (χ1n) is 8.89. The number of aromatic nitrogens is 1. The van der Waals surface area contributed by atoms with E-state index in [1.165, 1.54) is 32.4 Å². The number of pyridine rings is 1. The molecule has 2 aliphatic heterocycles. The van der Waals surface area contributed by atoms with Crippen molar-refractivity contribution in [2.24, 2.45) is 0 Å². The molecule has 2 saturated heterocycles. The van der Waals surface area contributed by atoms with Crippen molar-refractivity contribution in [1.82, 2.24) is 15.2 Å². The molecule has 22 heavy (non-hydrogen) atoms. The lowest BCUT2D eigenvalue weighted by atomic mass is 9.79. The third-order valence-corrected chi connectivity index (χ3v) is 6.06. The van der Waals surface area contributed by atoms with Crippen LogP contribution in [-0.4, -0.2) is 46.2 Å². The van der Waals surface area contributed by atoms with Crippen LogP contribution in [0.25, 0.3) is 0 Å². The fourth-order valence-corrected chi connectivity index (χ4v) is 4.84. The van der Waals surface area contributed by atoms with Gasteiger partial charge >= 0.3 is 0 Å². The summed E-state index contributed by atoms with van der Waals surface area (Å²) >= 11 is 0. The topological polar surface area (TPSA) is 48.4 Å². The second kappa shape index (κ2) is 5.91. The highest BCUT2D eigenvalue weighted by Crippen LogP contribution is 2.40. The van der Waals surface area contributed by atoms with Crippen LogP contribution in [0, 0.1) is 0 Å². The molecule has 0 radical (unpaired) electrons. The first-order chi connectivity index (χ1) is 10.8. The molecule has 120 valence electrons. The summed E-state index contributed by atoms with van der Waals surface area (Å²) in [6.07, 6.45) is 9.61. The summed E-state index contributed by atoms with van der Waals surface area (Å²) in [5, 5.41) is 14.6. The molecule has 0 bridgehead atoms. The zero-order chi connectivity index (χ0) is 15.0. The summed E-state index contributed by atoms with van der Waals surface area (Å²) in [6.45, 7) is 2.42. The molecule has 2 unspecified atom stereocenters. The van der Waals surface area contributed by atoms with E-state index in [0.717, 1.165) is 37.4 Å². The second-order valence-corrected chi connectivity index (χ2v) is 7.27. The van der Waals surface area contributed by atoms with Gasteiger partial charge < -0.3 is 10.4 Å². The number of nitrogens with zero attached hydrogens (tertiary/aromatic N) is 2. The number of likely N-dealkylation sites (tertiary alicyclic amines) is 1. The van der Waals surface area contributed by atoms with Crippen molar-refractivity contribution in [3.05, 3.63) is 30.1 Å². The number of nitrogens with one attached hydrogen (secondary N) is 1. The van der Waals surface area contributed by atoms with E-state index in [-0.39, 0.29) is 0 Å². The van der Waals surface area contributed by atoms with Gasteiger partial charge in [0.25, 0.3) is 0 Å². The van der Waals surface area contributed by atoms with Crippen LogP contribution in [-0.2, 0) is 5.60 Å². The Hall–Kier alpha value is -0.970. The summed E-state index contributed by atoms with van der Waals surface area (Å²) in [5.41, 5.74) is 0.147. The van der Waals surface area contributed by atoms with Crippen molar-refractivity contribution < 1.29 is 5.11 Å². The van der Waals surface area contributed by atoms with E-state index in [2.05, 4.69) is 15.2 Å². The van der Waals surface area contributed by atoms with Crippen LogP contribution in [0.1, 0.15) is 50.6 Å². The number of hydrogen-bond acceptors (Lipinski definition) is 4. The van der Waals surface area contributed by atoms with Gasteiger partial charge in [-0.15, -0.1) is 0 Å². The maximum absolute atomic E-state index is 10.9. The van der Waals surface area contributed by atoms with Gasteiger partial charge in [-0.2, -0.15) is 0 Å². The fraction of sp³-hybridized carbons (Fsp3) is 0.722. The van der Waals surface area contributed by atoms with Crippen molar-refractivity contribution in [2.75, 3.05) is 13.1 Å². The average molecular weight is 301 g/mol. The Bertz CT molecular complexity index is 498. The van der Waals surface area contributed by atoms with E-state index in [9.17, 15) is 5.11 Å². The van der Waals surface area contributed by atoms with E-state index in [4.69, 9.17) is 0 Å². The van der Waals surface area contributed by atoms with Gasteiger partial charge in [0.05, 0.1) is 5.69 Å². The van der Waals surface area contributed by atoms with E-state index >= 15 is 0 Å². The number of aliphatic hydroxyl groups is 1. The molecule has 1 saturated carbocycles. The summed E-state index contributed by atoms with van der Waals surface area (Å²) in [7, 11) is 0. The molecule has 1 aromatic heterocycles. The Morgan fingerprint density at radius 2 is 2.05 bits per heavy atom. The predicted octanol–water partition coefficient (Wildman–Crippen LogP) is 2.04. The normalized spacial score (nSPS) is 39.6. The number of piperidine rings is 1. The Labute approximate surface area is 132 Å². The molecular weight excluding hydrogens is 274 g/mol. The van der Waals surface area contributed by atoms with Crippen LogP contribution in [0.2, 0.25) is 0 Å². The van der Waals surface area contributed by atoms with Crippen molar-refractivity contribution >= 4 is 0 Å². The SMILES string of the molecule is OC1(c2ccccn2)CCC(N2CCC3NCCCC32)CC1. The number of fused-ring (bicyclic) bond motifs is 1. The zero-order valence-corrected chi connectivity index (χ0v) is 13.2. The van der Waals surface area contributed by atoms with Crippen LogP contribution in [0.5, 0.6) is 0 Å². The third kappa shape index (κ3) is 2.57. The quantitative estimate of drug-likeness (QED) is 0.877. The summed E-state index contributed by atoms with van der Waals surface area (Å²) in [4.78, 5) is 7.13. The van der Waals surface area contributed by atoms with Crippen LogP contribution in [0.15, 0.2) is 24.4 Å². The molecule has 0 amide bonds. The zero-order valence-electron chi connectivity index (χ0n) is 13.2. The molecule has 2 N–H and O–H groups in total. The van der Waals surface area contributed by atoms with Gasteiger partial charge in [0.15, 0.2) is 0 Å². The third-order valence-electron chi connectivity index (χ3n) is 6.06. The second-order valence-electron chi connectivity index (χ2n) is 7.27. The van der Waals surface area contributed by atoms with Crippen molar-refractivity contribution in [1.29, 1.82) is 0 Å². The smallest absolute Gasteiger partial charge is 0.107 e. The minimum Gasteiger partial charge on any atom is -0.384 e. The van der Waals surface area contributed by atoms with Crippen molar-refractivity contribution in [2.45, 2.75) is 68.7 Å². The summed E-state index contributed by atoms with van der Waals surface area (Å²) < 4.78 is 0. The van der Waals surface area contributed by atoms with E-state index in [1.807, 2.05) is 18.2 Å². The highest BCUT2D eigenvalue weighted by Gasteiger charge is 2.43. The largest absolute Gasteiger partial charge is 0.384 e. The Balaban J connectivity index is 1.42. The van der Waals surface area contributed by atoms with Gasteiger partial charge in [-0.1, -0.05) is 6.07 Å². The van der Waals surface area contributed by atoms with E-state index in [0.29, 0.717) is 12.1 Å². The van der Waals surface area contributed by atoms with Crippen LogP contribution < -0.4 is 5.32 Å². The minimum atomic E-state index is -0.707. The molecule has 4 nitrogen and oxygen atoms in total. The average Bonchev–Trinajstić information content (AvgIpc) is 3.01. The van der Waals surface area contributed by atoms with Crippen LogP contribution >= 0.6 is 0 Å². The van der Waals surface area contributed by atoms with Crippen molar-refractivity contribution in [3.63, 3.8) is 0 Å². The molecule has 3 fully saturated rings. The van der Waals surface area contributed by atoms with Gasteiger partial charge in [0.2, 0.25) is 0 Å². The van der Waals surface area contributed by atoms with Crippen molar-refractivity contribution in [3.8, 4) is 0 Å². The molecule has 4 heteroatoms. The Morgan fingerprint density at radius 1 is 1.18 bits per heavy atom. The molecule has 0 spiro atoms. The molecule has 2 atom stereocenters. The molecule has 3 aliphatic rings. The first-order valence-corrected chi connectivity index (χ1v) is 8.89. The highest BCUT2D eigenvalue weighted by molar-refractivity contribution is 5.14.